The molecule has 0 unspecified atom stereocenters. The van der Waals surface area contributed by atoms with Crippen molar-refractivity contribution in [3.63, 3.8) is 0 Å². The van der Waals surface area contributed by atoms with E-state index in [9.17, 15) is 18.7 Å². The largest absolute Gasteiger partial charge is 0.387 e. The lowest BCUT2D eigenvalue weighted by Crippen LogP contribution is -2.32. The van der Waals surface area contributed by atoms with Gasteiger partial charge in [-0.25, -0.2) is 13.6 Å². The third-order valence-corrected chi connectivity index (χ3v) is 3.62. The molecule has 0 heterocycles. The molecule has 2 rings (SSSR count). The number of urea groups is 1. The highest BCUT2D eigenvalue weighted by atomic mass is 19.2. The quantitative estimate of drug-likeness (QED) is 0.775. The summed E-state index contributed by atoms with van der Waals surface area (Å²) in [5.41, 5.74) is 1.98. The fraction of sp³-hybridized carbons (Fsp3) is 0.278. The highest BCUT2D eigenvalue weighted by molar-refractivity contribution is 5.89. The molecule has 3 N–H and O–H groups in total. The summed E-state index contributed by atoms with van der Waals surface area (Å²) in [4.78, 5) is 11.8. The second kappa shape index (κ2) is 7.88. The maximum atomic E-state index is 13.1. The minimum absolute atomic E-state index is 0.124. The Kier molecular flexibility index (Phi) is 5.87. The third kappa shape index (κ3) is 4.76. The molecule has 24 heavy (non-hydrogen) atoms. The van der Waals surface area contributed by atoms with Crippen LogP contribution < -0.4 is 10.6 Å². The molecule has 2 aromatic carbocycles. The Bertz CT molecular complexity index is 703. The average Bonchev–Trinajstić information content (AvgIpc) is 2.55. The number of aliphatic hydroxyl groups is 1. The lowest BCUT2D eigenvalue weighted by atomic mass is 10.0. The number of carbonyl (C=O) groups is 1. The van der Waals surface area contributed by atoms with Crippen LogP contribution in [0.15, 0.2) is 42.5 Å². The molecule has 0 radical (unpaired) electrons. The summed E-state index contributed by atoms with van der Waals surface area (Å²) in [5.74, 6) is -1.62. The van der Waals surface area contributed by atoms with Gasteiger partial charge < -0.3 is 15.7 Å². The number of benzene rings is 2. The predicted molar refractivity (Wildman–Crippen MR) is 88.9 cm³/mol. The SMILES string of the molecule is CC(C)c1ccc(NC(=O)NC[C@@H](O)c2ccc(F)c(F)c2)cc1. The van der Waals surface area contributed by atoms with Crippen LogP contribution in [0.1, 0.15) is 37.0 Å². The number of amides is 2. The van der Waals surface area contributed by atoms with E-state index in [1.807, 2.05) is 12.1 Å². The van der Waals surface area contributed by atoms with Gasteiger partial charge in [0.15, 0.2) is 11.6 Å². The molecule has 128 valence electrons. The fourth-order valence-electron chi connectivity index (χ4n) is 2.15. The monoisotopic (exact) mass is 334 g/mol. The zero-order valence-corrected chi connectivity index (χ0v) is 13.5. The topological polar surface area (TPSA) is 61.4 Å². The summed E-state index contributed by atoms with van der Waals surface area (Å²) in [5, 5.41) is 15.0. The Morgan fingerprint density at radius 3 is 2.25 bits per heavy atom. The Morgan fingerprint density at radius 2 is 1.67 bits per heavy atom. The van der Waals surface area contributed by atoms with E-state index in [4.69, 9.17) is 0 Å². The highest BCUT2D eigenvalue weighted by Crippen LogP contribution is 2.18. The number of nitrogens with one attached hydrogen (secondary N) is 2. The van der Waals surface area contributed by atoms with Gasteiger partial charge in [-0.05, 0) is 41.3 Å². The van der Waals surface area contributed by atoms with E-state index in [-0.39, 0.29) is 12.1 Å². The number of anilines is 1. The summed E-state index contributed by atoms with van der Waals surface area (Å²) in [6.07, 6.45) is -1.13. The van der Waals surface area contributed by atoms with Gasteiger partial charge in [0.25, 0.3) is 0 Å². The molecule has 2 amide bonds. The number of rotatable bonds is 5. The van der Waals surface area contributed by atoms with Gasteiger partial charge in [0.2, 0.25) is 0 Å². The van der Waals surface area contributed by atoms with E-state index in [1.165, 1.54) is 6.07 Å². The van der Waals surface area contributed by atoms with Crippen LogP contribution in [0.5, 0.6) is 0 Å². The van der Waals surface area contributed by atoms with Gasteiger partial charge in [0.1, 0.15) is 0 Å². The van der Waals surface area contributed by atoms with Crippen molar-refractivity contribution in [2.24, 2.45) is 0 Å². The first-order valence-electron chi connectivity index (χ1n) is 7.64. The minimum atomic E-state index is -1.13. The van der Waals surface area contributed by atoms with Gasteiger partial charge >= 0.3 is 6.03 Å². The van der Waals surface area contributed by atoms with Crippen molar-refractivity contribution in [3.05, 3.63) is 65.2 Å². The summed E-state index contributed by atoms with van der Waals surface area (Å²) in [6.45, 7) is 4.03. The fourth-order valence-corrected chi connectivity index (χ4v) is 2.15. The number of halogens is 2. The van der Waals surface area contributed by atoms with Crippen LogP contribution >= 0.6 is 0 Å². The molecule has 0 spiro atoms. The van der Waals surface area contributed by atoms with E-state index in [1.54, 1.807) is 12.1 Å². The first-order chi connectivity index (χ1) is 11.4. The lowest BCUT2D eigenvalue weighted by molar-refractivity contribution is 0.174. The highest BCUT2D eigenvalue weighted by Gasteiger charge is 2.12. The molecule has 0 saturated heterocycles. The third-order valence-electron chi connectivity index (χ3n) is 3.62. The molecule has 0 saturated carbocycles. The van der Waals surface area contributed by atoms with Crippen molar-refractivity contribution in [1.82, 2.24) is 5.32 Å². The molecule has 6 heteroatoms. The molecular formula is C18H20F2N2O2. The number of carbonyl (C=O) groups excluding carboxylic acids is 1. The first-order valence-corrected chi connectivity index (χ1v) is 7.64. The number of hydrogen-bond acceptors (Lipinski definition) is 2. The molecule has 0 aliphatic heterocycles. The molecule has 1 atom stereocenters. The summed E-state index contributed by atoms with van der Waals surface area (Å²) in [6, 6.07) is 10.1. The van der Waals surface area contributed by atoms with E-state index in [2.05, 4.69) is 24.5 Å². The average molecular weight is 334 g/mol. The van der Waals surface area contributed by atoms with E-state index < -0.39 is 23.8 Å². The van der Waals surface area contributed by atoms with Crippen LogP contribution in [0.4, 0.5) is 19.3 Å². The van der Waals surface area contributed by atoms with Crippen LogP contribution in [0.25, 0.3) is 0 Å². The van der Waals surface area contributed by atoms with Gasteiger partial charge in [-0.2, -0.15) is 0 Å². The van der Waals surface area contributed by atoms with Crippen LogP contribution in [0, 0.1) is 11.6 Å². The smallest absolute Gasteiger partial charge is 0.319 e. The predicted octanol–water partition coefficient (Wildman–Crippen LogP) is 3.94. The van der Waals surface area contributed by atoms with Gasteiger partial charge in [0, 0.05) is 12.2 Å². The zero-order valence-electron chi connectivity index (χ0n) is 13.5. The Hall–Kier alpha value is -2.47. The van der Waals surface area contributed by atoms with Gasteiger partial charge in [-0.15, -0.1) is 0 Å². The van der Waals surface area contributed by atoms with Gasteiger partial charge in [0.05, 0.1) is 6.10 Å². The number of hydrogen-bond donors (Lipinski definition) is 3. The Balaban J connectivity index is 1.87. The number of aliphatic hydroxyl groups excluding tert-OH is 1. The van der Waals surface area contributed by atoms with Crippen LogP contribution in [-0.4, -0.2) is 17.7 Å². The van der Waals surface area contributed by atoms with Crippen molar-refractivity contribution in [2.75, 3.05) is 11.9 Å². The van der Waals surface area contributed by atoms with Crippen LogP contribution in [-0.2, 0) is 0 Å². The molecule has 0 aliphatic carbocycles. The molecule has 0 aliphatic rings. The Morgan fingerprint density at radius 1 is 1.04 bits per heavy atom. The molecule has 2 aromatic rings. The van der Waals surface area contributed by atoms with Crippen molar-refractivity contribution in [1.29, 1.82) is 0 Å². The van der Waals surface area contributed by atoms with Crippen LogP contribution in [0.2, 0.25) is 0 Å². The second-order valence-electron chi connectivity index (χ2n) is 5.80. The second-order valence-corrected chi connectivity index (χ2v) is 5.80. The van der Waals surface area contributed by atoms with Crippen molar-refractivity contribution >= 4 is 11.7 Å². The van der Waals surface area contributed by atoms with E-state index in [0.717, 1.165) is 17.7 Å². The van der Waals surface area contributed by atoms with Crippen molar-refractivity contribution in [2.45, 2.75) is 25.9 Å². The first kappa shape index (κ1) is 17.9. The molecular weight excluding hydrogens is 314 g/mol. The molecule has 4 nitrogen and oxygen atoms in total. The Labute approximate surface area is 139 Å². The van der Waals surface area contributed by atoms with E-state index in [0.29, 0.717) is 11.6 Å². The summed E-state index contributed by atoms with van der Waals surface area (Å²) < 4.78 is 26.0. The molecule has 0 bridgehead atoms. The van der Waals surface area contributed by atoms with Crippen LogP contribution in [0.3, 0.4) is 0 Å². The van der Waals surface area contributed by atoms with E-state index >= 15 is 0 Å². The maximum absolute atomic E-state index is 13.1. The molecule has 0 aromatic heterocycles. The maximum Gasteiger partial charge on any atom is 0.319 e. The normalized spacial score (nSPS) is 12.1. The standard InChI is InChI=1S/C18H20F2N2O2/c1-11(2)12-3-6-14(7-4-12)22-18(24)21-10-17(23)13-5-8-15(19)16(20)9-13/h3-9,11,17,23H,10H2,1-2H3,(H2,21,22,24)/t17-/m1/s1. The van der Waals surface area contributed by atoms with Gasteiger partial charge in [-0.1, -0.05) is 32.0 Å². The summed E-state index contributed by atoms with van der Waals surface area (Å²) in [7, 11) is 0. The lowest BCUT2D eigenvalue weighted by Gasteiger charge is -2.13. The minimum Gasteiger partial charge on any atom is -0.387 e. The van der Waals surface area contributed by atoms with Crippen molar-refractivity contribution in [3.8, 4) is 0 Å². The summed E-state index contributed by atoms with van der Waals surface area (Å²) >= 11 is 0. The van der Waals surface area contributed by atoms with Crippen molar-refractivity contribution < 1.29 is 18.7 Å². The van der Waals surface area contributed by atoms with Gasteiger partial charge in [-0.3, -0.25) is 0 Å². The zero-order chi connectivity index (χ0) is 17.7. The molecule has 0 fully saturated rings.